The van der Waals surface area contributed by atoms with E-state index in [0.717, 1.165) is 21.2 Å². The fourth-order valence-electron chi connectivity index (χ4n) is 1.54. The molecule has 4 heteroatoms. The van der Waals surface area contributed by atoms with Crippen LogP contribution >= 0.6 is 27.7 Å². The van der Waals surface area contributed by atoms with Crippen LogP contribution in [0.25, 0.3) is 0 Å². The minimum atomic E-state index is -0.0359. The first-order valence-electron chi connectivity index (χ1n) is 6.17. The molecule has 2 nitrogen and oxygen atoms in total. The van der Waals surface area contributed by atoms with E-state index in [1.54, 1.807) is 11.8 Å². The Kier molecular flexibility index (Phi) is 4.63. The largest absolute Gasteiger partial charge is 0.226 e. The molecule has 0 saturated heterocycles. The van der Waals surface area contributed by atoms with E-state index in [-0.39, 0.29) is 5.41 Å². The van der Waals surface area contributed by atoms with Gasteiger partial charge in [-0.3, -0.25) is 0 Å². The van der Waals surface area contributed by atoms with Crippen LogP contribution < -0.4 is 0 Å². The number of halogens is 1. The zero-order valence-corrected chi connectivity index (χ0v) is 13.8. The smallest absolute Gasteiger partial charge is 0.136 e. The number of aromatic nitrogens is 2. The Morgan fingerprint density at radius 1 is 1.11 bits per heavy atom. The van der Waals surface area contributed by atoms with Crippen molar-refractivity contribution in [3.8, 4) is 0 Å². The average Bonchev–Trinajstić information content (AvgIpc) is 2.36. The molecule has 1 aromatic heterocycles. The van der Waals surface area contributed by atoms with E-state index in [9.17, 15) is 0 Å². The number of benzene rings is 1. The van der Waals surface area contributed by atoms with Crippen molar-refractivity contribution < 1.29 is 0 Å². The normalized spacial score (nSPS) is 11.6. The van der Waals surface area contributed by atoms with Gasteiger partial charge in [-0.25, -0.2) is 9.97 Å². The van der Waals surface area contributed by atoms with Crippen molar-refractivity contribution in [3.05, 3.63) is 52.4 Å². The molecule has 100 valence electrons. The van der Waals surface area contributed by atoms with Crippen molar-refractivity contribution in [1.29, 1.82) is 0 Å². The predicted molar refractivity (Wildman–Crippen MR) is 84.4 cm³/mol. The van der Waals surface area contributed by atoms with E-state index >= 15 is 0 Å². The highest BCUT2D eigenvalue weighted by atomic mass is 79.9. The second-order valence-electron chi connectivity index (χ2n) is 5.38. The van der Waals surface area contributed by atoms with E-state index in [2.05, 4.69) is 70.9 Å². The van der Waals surface area contributed by atoms with Crippen molar-refractivity contribution >= 4 is 27.7 Å². The fraction of sp³-hybridized carbons (Fsp3) is 0.333. The minimum Gasteiger partial charge on any atom is -0.226 e. The second-order valence-corrected chi connectivity index (χ2v) is 7.18. The van der Waals surface area contributed by atoms with Crippen molar-refractivity contribution in [2.45, 2.75) is 37.0 Å². The van der Waals surface area contributed by atoms with Gasteiger partial charge in [-0.2, -0.15) is 0 Å². The molecule has 0 unspecified atom stereocenters. The molecule has 0 N–H and O–H groups in total. The molecular weight excluding hydrogens is 320 g/mol. The quantitative estimate of drug-likeness (QED) is 0.593. The highest BCUT2D eigenvalue weighted by molar-refractivity contribution is 9.10. The van der Waals surface area contributed by atoms with Crippen LogP contribution in [0.4, 0.5) is 0 Å². The summed E-state index contributed by atoms with van der Waals surface area (Å²) in [6.45, 7) is 6.38. The number of hydrogen-bond donors (Lipinski definition) is 0. The molecule has 0 spiro atoms. The van der Waals surface area contributed by atoms with Gasteiger partial charge in [0, 0.05) is 17.2 Å². The summed E-state index contributed by atoms with van der Waals surface area (Å²) in [5.41, 5.74) is 1.27. The van der Waals surface area contributed by atoms with Crippen LogP contribution in [0.2, 0.25) is 0 Å². The molecule has 0 amide bonds. The van der Waals surface area contributed by atoms with Gasteiger partial charge < -0.3 is 0 Å². The third kappa shape index (κ3) is 4.32. The average molecular weight is 337 g/mol. The van der Waals surface area contributed by atoms with Gasteiger partial charge in [0.1, 0.15) is 15.5 Å². The number of nitrogens with zero attached hydrogens (tertiary/aromatic N) is 2. The summed E-state index contributed by atoms with van der Waals surface area (Å²) in [5.74, 6) is 1.80. The fourth-order valence-corrected chi connectivity index (χ4v) is 2.93. The first-order chi connectivity index (χ1) is 8.95. The molecule has 0 saturated carbocycles. The van der Waals surface area contributed by atoms with Crippen LogP contribution in [-0.2, 0) is 11.2 Å². The van der Waals surface area contributed by atoms with Gasteiger partial charge in [-0.05, 0) is 21.5 Å². The summed E-state index contributed by atoms with van der Waals surface area (Å²) >= 11 is 5.20. The van der Waals surface area contributed by atoms with Crippen LogP contribution in [0.15, 0.2) is 46.0 Å². The highest BCUT2D eigenvalue weighted by Crippen LogP contribution is 2.27. The standard InChI is InChI=1S/C15H17BrN2S/c1-15(2,3)14-17-12(16)9-13(18-14)19-10-11-7-5-4-6-8-11/h4-9H,10H2,1-3H3. The summed E-state index contributed by atoms with van der Waals surface area (Å²) in [7, 11) is 0. The van der Waals surface area contributed by atoms with E-state index in [1.807, 2.05) is 12.1 Å². The molecule has 0 atom stereocenters. The van der Waals surface area contributed by atoms with Crippen molar-refractivity contribution in [2.75, 3.05) is 0 Å². The molecule has 0 aliphatic carbocycles. The van der Waals surface area contributed by atoms with Crippen molar-refractivity contribution in [1.82, 2.24) is 9.97 Å². The Balaban J connectivity index is 2.15. The van der Waals surface area contributed by atoms with Gasteiger partial charge >= 0.3 is 0 Å². The summed E-state index contributed by atoms with van der Waals surface area (Å²) in [6, 6.07) is 12.4. The zero-order valence-electron chi connectivity index (χ0n) is 11.4. The maximum Gasteiger partial charge on any atom is 0.136 e. The summed E-state index contributed by atoms with van der Waals surface area (Å²) in [4.78, 5) is 9.09. The molecule has 0 bridgehead atoms. The highest BCUT2D eigenvalue weighted by Gasteiger charge is 2.18. The Morgan fingerprint density at radius 2 is 1.79 bits per heavy atom. The van der Waals surface area contributed by atoms with Crippen LogP contribution in [0.5, 0.6) is 0 Å². The van der Waals surface area contributed by atoms with Gasteiger partial charge in [0.2, 0.25) is 0 Å². The van der Waals surface area contributed by atoms with E-state index in [4.69, 9.17) is 0 Å². The van der Waals surface area contributed by atoms with E-state index in [0.29, 0.717) is 0 Å². The van der Waals surface area contributed by atoms with Crippen molar-refractivity contribution in [2.24, 2.45) is 0 Å². The second kappa shape index (κ2) is 6.06. The first-order valence-corrected chi connectivity index (χ1v) is 7.95. The molecule has 0 aliphatic rings. The number of rotatable bonds is 3. The van der Waals surface area contributed by atoms with E-state index < -0.39 is 0 Å². The Morgan fingerprint density at radius 3 is 2.42 bits per heavy atom. The number of hydrogen-bond acceptors (Lipinski definition) is 3. The lowest BCUT2D eigenvalue weighted by molar-refractivity contribution is 0.536. The van der Waals surface area contributed by atoms with Gasteiger partial charge in [0.15, 0.2) is 0 Å². The molecule has 1 aromatic carbocycles. The first kappa shape index (κ1) is 14.5. The van der Waals surface area contributed by atoms with Crippen LogP contribution in [-0.4, -0.2) is 9.97 Å². The van der Waals surface area contributed by atoms with Gasteiger partial charge in [-0.1, -0.05) is 51.1 Å². The number of thioether (sulfide) groups is 1. The monoisotopic (exact) mass is 336 g/mol. The molecule has 0 aliphatic heterocycles. The maximum absolute atomic E-state index is 4.64. The van der Waals surface area contributed by atoms with Crippen molar-refractivity contribution in [3.63, 3.8) is 0 Å². The third-order valence-electron chi connectivity index (χ3n) is 2.57. The SMILES string of the molecule is CC(C)(C)c1nc(Br)cc(SCc2ccccc2)n1. The van der Waals surface area contributed by atoms with Gasteiger partial charge in [0.05, 0.1) is 0 Å². The summed E-state index contributed by atoms with van der Waals surface area (Å²) < 4.78 is 0.850. The van der Waals surface area contributed by atoms with Gasteiger partial charge in [0.25, 0.3) is 0 Å². The van der Waals surface area contributed by atoms with E-state index in [1.165, 1.54) is 5.56 Å². The topological polar surface area (TPSA) is 25.8 Å². The summed E-state index contributed by atoms with van der Waals surface area (Å²) in [6.07, 6.45) is 0. The molecule has 1 heterocycles. The van der Waals surface area contributed by atoms with Crippen LogP contribution in [0.3, 0.4) is 0 Å². The Hall–Kier alpha value is -0.870. The molecule has 19 heavy (non-hydrogen) atoms. The van der Waals surface area contributed by atoms with Crippen LogP contribution in [0.1, 0.15) is 32.2 Å². The molecule has 2 rings (SSSR count). The van der Waals surface area contributed by atoms with Crippen LogP contribution in [0, 0.1) is 0 Å². The zero-order chi connectivity index (χ0) is 13.9. The minimum absolute atomic E-state index is 0.0359. The molecule has 0 fully saturated rings. The molecule has 0 radical (unpaired) electrons. The lowest BCUT2D eigenvalue weighted by Crippen LogP contribution is -2.16. The molecular formula is C15H17BrN2S. The lowest BCUT2D eigenvalue weighted by atomic mass is 9.96. The third-order valence-corrected chi connectivity index (χ3v) is 3.96. The predicted octanol–water partition coefficient (Wildman–Crippen LogP) is 4.83. The Labute approximate surface area is 127 Å². The summed E-state index contributed by atoms with van der Waals surface area (Å²) in [5, 5.41) is 1.01. The maximum atomic E-state index is 4.64. The van der Waals surface area contributed by atoms with Gasteiger partial charge in [-0.15, -0.1) is 11.8 Å². The lowest BCUT2D eigenvalue weighted by Gasteiger charge is -2.17. The Bertz CT molecular complexity index is 550. The molecule has 2 aromatic rings.